The van der Waals surface area contributed by atoms with Crippen molar-refractivity contribution in [1.29, 1.82) is 0 Å². The van der Waals surface area contributed by atoms with Gasteiger partial charge in [0.05, 0.1) is 30.1 Å². The van der Waals surface area contributed by atoms with E-state index in [4.69, 9.17) is 5.11 Å². The Hall–Kier alpha value is -1.47. The quantitative estimate of drug-likeness (QED) is 0.827. The number of aliphatic hydroxyl groups is 2. The van der Waals surface area contributed by atoms with E-state index in [2.05, 4.69) is 14.8 Å². The van der Waals surface area contributed by atoms with Gasteiger partial charge in [-0.25, -0.2) is 4.98 Å². The van der Waals surface area contributed by atoms with Crippen molar-refractivity contribution in [1.82, 2.24) is 19.4 Å². The molecule has 1 aliphatic rings. The largest absolute Gasteiger partial charge is 0.395 e. The highest BCUT2D eigenvalue weighted by atomic mass is 16.3. The fourth-order valence-corrected chi connectivity index (χ4v) is 3.05. The van der Waals surface area contributed by atoms with Gasteiger partial charge in [0.25, 0.3) is 0 Å². The smallest absolute Gasteiger partial charge is 0.0955 e. The zero-order chi connectivity index (χ0) is 15.5. The summed E-state index contributed by atoms with van der Waals surface area (Å²) < 4.78 is 1.98. The van der Waals surface area contributed by atoms with Crippen LogP contribution in [0, 0.1) is 0 Å². The number of benzene rings is 1. The zero-order valence-electron chi connectivity index (χ0n) is 13.0. The third-order valence-corrected chi connectivity index (χ3v) is 4.45. The summed E-state index contributed by atoms with van der Waals surface area (Å²) in [6.07, 6.45) is 1.30. The van der Waals surface area contributed by atoms with Crippen molar-refractivity contribution in [2.75, 3.05) is 45.9 Å². The van der Waals surface area contributed by atoms with Crippen LogP contribution >= 0.6 is 0 Å². The summed E-state index contributed by atoms with van der Waals surface area (Å²) in [6, 6.07) is 5.97. The van der Waals surface area contributed by atoms with E-state index in [9.17, 15) is 5.11 Å². The summed E-state index contributed by atoms with van der Waals surface area (Å²) in [5.41, 5.74) is 2.92. The van der Waals surface area contributed by atoms with Crippen LogP contribution in [-0.4, -0.2) is 75.4 Å². The van der Waals surface area contributed by atoms with Crippen LogP contribution in [0.25, 0.3) is 11.0 Å². The number of fused-ring (bicyclic) bond motifs is 1. The second-order valence-electron chi connectivity index (χ2n) is 5.99. The van der Waals surface area contributed by atoms with E-state index < -0.39 is 6.10 Å². The Morgan fingerprint density at radius 1 is 1.18 bits per heavy atom. The van der Waals surface area contributed by atoms with E-state index in [1.807, 2.05) is 29.8 Å². The van der Waals surface area contributed by atoms with Gasteiger partial charge in [0.2, 0.25) is 0 Å². The lowest BCUT2D eigenvalue weighted by atomic mass is 10.1. The molecule has 0 saturated carbocycles. The molecule has 0 bridgehead atoms. The van der Waals surface area contributed by atoms with Crippen LogP contribution < -0.4 is 0 Å². The number of hydrogen-bond acceptors (Lipinski definition) is 5. The maximum absolute atomic E-state index is 10.5. The van der Waals surface area contributed by atoms with Crippen molar-refractivity contribution in [2.24, 2.45) is 7.05 Å². The summed E-state index contributed by atoms with van der Waals surface area (Å²) in [4.78, 5) is 8.88. The fourth-order valence-electron chi connectivity index (χ4n) is 3.05. The minimum absolute atomic E-state index is 0.215. The molecule has 1 fully saturated rings. The standard InChI is InChI=1S/C16H24N4O2/c1-18-12-17-14-10-13(2-3-15(14)18)16(22)11-20-6-4-19(5-7-20)8-9-21/h2-3,10,12,16,21-22H,4-9,11H2,1H3. The molecule has 1 aliphatic heterocycles. The Morgan fingerprint density at radius 2 is 1.91 bits per heavy atom. The summed E-state index contributed by atoms with van der Waals surface area (Å²) in [5.74, 6) is 0. The second-order valence-corrected chi connectivity index (χ2v) is 5.99. The van der Waals surface area contributed by atoms with Crippen molar-refractivity contribution in [3.05, 3.63) is 30.1 Å². The van der Waals surface area contributed by atoms with Gasteiger partial charge in [-0.1, -0.05) is 6.07 Å². The predicted octanol–water partition coefficient (Wildman–Crippen LogP) is 0.217. The van der Waals surface area contributed by atoms with E-state index >= 15 is 0 Å². The molecule has 6 heteroatoms. The first-order valence-corrected chi connectivity index (χ1v) is 7.82. The van der Waals surface area contributed by atoms with Crippen LogP contribution in [0.5, 0.6) is 0 Å². The summed E-state index contributed by atoms with van der Waals surface area (Å²) in [6.45, 7) is 5.37. The minimum Gasteiger partial charge on any atom is -0.395 e. The normalized spacial score (nSPS) is 18.9. The molecule has 6 nitrogen and oxygen atoms in total. The van der Waals surface area contributed by atoms with Crippen LogP contribution in [-0.2, 0) is 7.05 Å². The molecule has 22 heavy (non-hydrogen) atoms. The average molecular weight is 304 g/mol. The number of imidazole rings is 1. The molecule has 0 aliphatic carbocycles. The number of aryl methyl sites for hydroxylation is 1. The van der Waals surface area contributed by atoms with Crippen molar-refractivity contribution in [3.63, 3.8) is 0 Å². The molecule has 1 aromatic carbocycles. The molecule has 0 radical (unpaired) electrons. The Balaban J connectivity index is 1.60. The molecule has 1 atom stereocenters. The lowest BCUT2D eigenvalue weighted by molar-refractivity contribution is 0.0661. The Morgan fingerprint density at radius 3 is 2.64 bits per heavy atom. The molecule has 2 heterocycles. The number of aliphatic hydroxyl groups excluding tert-OH is 2. The molecular formula is C16H24N4O2. The van der Waals surface area contributed by atoms with Gasteiger partial charge in [0.1, 0.15) is 0 Å². The number of aromatic nitrogens is 2. The number of nitrogens with zero attached hydrogens (tertiary/aromatic N) is 4. The lowest BCUT2D eigenvalue weighted by Gasteiger charge is -2.35. The van der Waals surface area contributed by atoms with Crippen molar-refractivity contribution in [2.45, 2.75) is 6.10 Å². The lowest BCUT2D eigenvalue weighted by Crippen LogP contribution is -2.48. The minimum atomic E-state index is -0.490. The van der Waals surface area contributed by atoms with Crippen LogP contribution in [0.2, 0.25) is 0 Å². The Bertz CT molecular complexity index is 620. The average Bonchev–Trinajstić information content (AvgIpc) is 2.90. The van der Waals surface area contributed by atoms with Crippen LogP contribution in [0.15, 0.2) is 24.5 Å². The summed E-state index contributed by atoms with van der Waals surface area (Å²) in [5, 5.41) is 19.4. The molecule has 0 spiro atoms. The van der Waals surface area contributed by atoms with Gasteiger partial charge in [-0.05, 0) is 17.7 Å². The van der Waals surface area contributed by atoms with Crippen LogP contribution in [0.4, 0.5) is 0 Å². The highest BCUT2D eigenvalue weighted by molar-refractivity contribution is 5.76. The van der Waals surface area contributed by atoms with Crippen LogP contribution in [0.3, 0.4) is 0 Å². The molecule has 1 aromatic heterocycles. The Kier molecular flexibility index (Phi) is 4.73. The number of rotatable bonds is 5. The topological polar surface area (TPSA) is 64.8 Å². The highest BCUT2D eigenvalue weighted by Gasteiger charge is 2.19. The predicted molar refractivity (Wildman–Crippen MR) is 85.6 cm³/mol. The zero-order valence-corrected chi connectivity index (χ0v) is 13.0. The van der Waals surface area contributed by atoms with E-state index in [1.54, 1.807) is 6.33 Å². The monoisotopic (exact) mass is 304 g/mol. The molecular weight excluding hydrogens is 280 g/mol. The van der Waals surface area contributed by atoms with Gasteiger partial charge in [-0.15, -0.1) is 0 Å². The number of β-amino-alcohol motifs (C(OH)–C–C–N with tert-alkyl or cyclic N) is 2. The fraction of sp³-hybridized carbons (Fsp3) is 0.562. The third-order valence-electron chi connectivity index (χ3n) is 4.45. The maximum atomic E-state index is 10.5. The highest BCUT2D eigenvalue weighted by Crippen LogP contribution is 2.20. The van der Waals surface area contributed by atoms with Crippen molar-refractivity contribution < 1.29 is 10.2 Å². The van der Waals surface area contributed by atoms with Gasteiger partial charge < -0.3 is 14.8 Å². The van der Waals surface area contributed by atoms with E-state index in [-0.39, 0.29) is 6.61 Å². The van der Waals surface area contributed by atoms with E-state index in [0.29, 0.717) is 6.54 Å². The first kappa shape index (κ1) is 15.4. The molecule has 2 aromatic rings. The first-order chi connectivity index (χ1) is 10.7. The molecule has 120 valence electrons. The van der Waals surface area contributed by atoms with Crippen molar-refractivity contribution in [3.8, 4) is 0 Å². The number of piperazine rings is 1. The number of hydrogen-bond donors (Lipinski definition) is 2. The summed E-state index contributed by atoms with van der Waals surface area (Å²) >= 11 is 0. The molecule has 1 unspecified atom stereocenters. The van der Waals surface area contributed by atoms with Gasteiger partial charge >= 0.3 is 0 Å². The van der Waals surface area contributed by atoms with Crippen molar-refractivity contribution >= 4 is 11.0 Å². The second kappa shape index (κ2) is 6.75. The van der Waals surface area contributed by atoms with Gasteiger partial charge in [-0.2, -0.15) is 0 Å². The summed E-state index contributed by atoms with van der Waals surface area (Å²) in [7, 11) is 1.97. The van der Waals surface area contributed by atoms with Gasteiger partial charge in [-0.3, -0.25) is 9.80 Å². The van der Waals surface area contributed by atoms with E-state index in [0.717, 1.165) is 49.3 Å². The molecule has 1 saturated heterocycles. The van der Waals surface area contributed by atoms with Crippen LogP contribution in [0.1, 0.15) is 11.7 Å². The molecule has 0 amide bonds. The Labute approximate surface area is 130 Å². The SMILES string of the molecule is Cn1cnc2cc(C(O)CN3CCN(CCO)CC3)ccc21. The van der Waals surface area contributed by atoms with E-state index in [1.165, 1.54) is 0 Å². The third kappa shape index (κ3) is 3.30. The maximum Gasteiger partial charge on any atom is 0.0955 e. The molecule has 3 rings (SSSR count). The van der Waals surface area contributed by atoms with Gasteiger partial charge in [0, 0.05) is 46.3 Å². The molecule has 2 N–H and O–H groups in total. The van der Waals surface area contributed by atoms with Gasteiger partial charge in [0.15, 0.2) is 0 Å². The first-order valence-electron chi connectivity index (χ1n) is 7.82.